The summed E-state index contributed by atoms with van der Waals surface area (Å²) in [7, 11) is 0. The van der Waals surface area contributed by atoms with Gasteiger partial charge in [-0.25, -0.2) is 5.01 Å². The first-order valence-electron chi connectivity index (χ1n) is 8.19. The first-order chi connectivity index (χ1) is 12.5. The van der Waals surface area contributed by atoms with Gasteiger partial charge in [0.15, 0.2) is 10.8 Å². The van der Waals surface area contributed by atoms with E-state index in [0.29, 0.717) is 10.8 Å². The number of rotatable bonds is 3. The Morgan fingerprint density at radius 1 is 1.08 bits per heavy atom. The van der Waals surface area contributed by atoms with Crippen molar-refractivity contribution >= 4 is 51.6 Å². The van der Waals surface area contributed by atoms with E-state index >= 15 is 0 Å². The van der Waals surface area contributed by atoms with Gasteiger partial charge in [-0.2, -0.15) is 5.10 Å². The molecule has 1 fully saturated rings. The summed E-state index contributed by atoms with van der Waals surface area (Å²) in [5, 5.41) is 6.79. The first-order valence-corrected chi connectivity index (χ1v) is 9.99. The quantitative estimate of drug-likeness (QED) is 0.806. The molecule has 1 spiro atoms. The van der Waals surface area contributed by atoms with E-state index in [2.05, 4.69) is 5.10 Å². The van der Waals surface area contributed by atoms with Gasteiger partial charge in [-0.3, -0.25) is 14.5 Å². The molecular formula is C19H17N3O2S2. The summed E-state index contributed by atoms with van der Waals surface area (Å²) >= 11 is 2.83. The Morgan fingerprint density at radius 2 is 1.77 bits per heavy atom. The van der Waals surface area contributed by atoms with E-state index in [4.69, 9.17) is 0 Å². The largest absolute Gasteiger partial charge is 0.292 e. The average molecular weight is 383 g/mol. The average Bonchev–Trinajstić information content (AvgIpc) is 3.18. The van der Waals surface area contributed by atoms with Crippen LogP contribution in [-0.4, -0.2) is 26.8 Å². The third-order valence-corrected chi connectivity index (χ3v) is 7.11. The van der Waals surface area contributed by atoms with Crippen LogP contribution < -0.4 is 9.91 Å². The second-order valence-electron chi connectivity index (χ2n) is 6.11. The smallest absolute Gasteiger partial charge is 0.243 e. The molecule has 0 N–H and O–H groups in total. The van der Waals surface area contributed by atoms with Crippen LogP contribution in [0, 0.1) is 6.92 Å². The minimum Gasteiger partial charge on any atom is -0.292 e. The van der Waals surface area contributed by atoms with E-state index in [0.717, 1.165) is 16.9 Å². The number of thioether (sulfide) groups is 2. The molecule has 1 saturated heterocycles. The van der Waals surface area contributed by atoms with Crippen LogP contribution in [0.25, 0.3) is 0 Å². The van der Waals surface area contributed by atoms with Crippen LogP contribution in [0.2, 0.25) is 0 Å². The van der Waals surface area contributed by atoms with E-state index in [9.17, 15) is 9.59 Å². The molecule has 0 radical (unpaired) electrons. The molecule has 2 aromatic rings. The van der Waals surface area contributed by atoms with E-state index in [-0.39, 0.29) is 11.7 Å². The number of hydrogen-bond acceptors (Lipinski definition) is 6. The molecule has 2 aliphatic heterocycles. The van der Waals surface area contributed by atoms with Crippen LogP contribution in [0.5, 0.6) is 0 Å². The lowest BCUT2D eigenvalue weighted by atomic mass is 10.2. The first kappa shape index (κ1) is 17.2. The zero-order valence-corrected chi connectivity index (χ0v) is 16.0. The third kappa shape index (κ3) is 2.71. The van der Waals surface area contributed by atoms with Crippen molar-refractivity contribution in [3.05, 3.63) is 60.2 Å². The summed E-state index contributed by atoms with van der Waals surface area (Å²) in [6.45, 7) is 3.53. The van der Waals surface area contributed by atoms with Crippen LogP contribution in [0.15, 0.2) is 59.7 Å². The molecule has 2 aliphatic rings. The van der Waals surface area contributed by atoms with Gasteiger partial charge in [-0.05, 0) is 43.0 Å². The molecule has 4 rings (SSSR count). The predicted octanol–water partition coefficient (Wildman–Crippen LogP) is 3.84. The highest BCUT2D eigenvalue weighted by Crippen LogP contribution is 2.55. The van der Waals surface area contributed by atoms with Crippen molar-refractivity contribution in [3.63, 3.8) is 0 Å². The minimum atomic E-state index is -0.825. The Balaban J connectivity index is 1.85. The fourth-order valence-electron chi connectivity index (χ4n) is 2.95. The van der Waals surface area contributed by atoms with Gasteiger partial charge in [0.25, 0.3) is 0 Å². The SMILES string of the molecule is CC(=O)C1=NN(c2ccc(C)cc2)[C@]2(SCC(=O)N2c2ccccc2)S1. The zero-order chi connectivity index (χ0) is 18.3. The monoisotopic (exact) mass is 383 g/mol. The molecule has 26 heavy (non-hydrogen) atoms. The van der Waals surface area contributed by atoms with E-state index in [1.165, 1.54) is 30.4 Å². The lowest BCUT2D eigenvalue weighted by molar-refractivity contribution is -0.116. The van der Waals surface area contributed by atoms with E-state index in [1.54, 1.807) is 9.91 Å². The summed E-state index contributed by atoms with van der Waals surface area (Å²) in [6, 6.07) is 17.5. The van der Waals surface area contributed by atoms with Gasteiger partial charge in [0, 0.05) is 12.6 Å². The van der Waals surface area contributed by atoms with Gasteiger partial charge in [0.05, 0.1) is 11.4 Å². The molecule has 0 unspecified atom stereocenters. The number of para-hydroxylation sites is 1. The molecule has 0 aliphatic carbocycles. The highest BCUT2D eigenvalue weighted by Gasteiger charge is 2.57. The number of benzene rings is 2. The summed E-state index contributed by atoms with van der Waals surface area (Å²) in [4.78, 5) is 26.6. The van der Waals surface area contributed by atoms with Crippen molar-refractivity contribution in [1.82, 2.24) is 0 Å². The van der Waals surface area contributed by atoms with Crippen molar-refractivity contribution in [2.75, 3.05) is 15.7 Å². The second-order valence-corrected chi connectivity index (χ2v) is 8.68. The number of carbonyl (C=O) groups excluding carboxylic acids is 2. The number of carbonyl (C=O) groups is 2. The number of aryl methyl sites for hydroxylation is 1. The highest BCUT2D eigenvalue weighted by molar-refractivity contribution is 8.28. The normalized spacial score (nSPS) is 22.2. The number of anilines is 2. The maximum atomic E-state index is 12.8. The predicted molar refractivity (Wildman–Crippen MR) is 108 cm³/mol. The van der Waals surface area contributed by atoms with Gasteiger partial charge < -0.3 is 0 Å². The topological polar surface area (TPSA) is 53.0 Å². The number of hydrazone groups is 1. The van der Waals surface area contributed by atoms with Crippen molar-refractivity contribution in [1.29, 1.82) is 0 Å². The Hall–Kier alpha value is -2.25. The Bertz CT molecular complexity index is 899. The summed E-state index contributed by atoms with van der Waals surface area (Å²) in [6.07, 6.45) is 0. The summed E-state index contributed by atoms with van der Waals surface area (Å²) in [5.41, 5.74) is 2.79. The van der Waals surface area contributed by atoms with E-state index in [1.807, 2.05) is 61.5 Å². The molecule has 2 aromatic carbocycles. The molecule has 2 heterocycles. The highest BCUT2D eigenvalue weighted by atomic mass is 32.2. The lowest BCUT2D eigenvalue weighted by Crippen LogP contribution is -2.51. The number of ketones is 1. The standard InChI is InChI=1S/C19H17N3O2S2/c1-13-8-10-16(11-9-13)22-19(26-18(20-22)14(2)23)21(17(24)12-25-19)15-6-4-3-5-7-15/h3-11H,12H2,1-2H3/t19-/m1/s1. The van der Waals surface area contributed by atoms with Crippen molar-refractivity contribution in [2.45, 2.75) is 18.2 Å². The fourth-order valence-corrected chi connectivity index (χ4v) is 5.69. The van der Waals surface area contributed by atoms with Crippen molar-refractivity contribution in [2.24, 2.45) is 5.10 Å². The van der Waals surface area contributed by atoms with Crippen molar-refractivity contribution in [3.8, 4) is 0 Å². The van der Waals surface area contributed by atoms with E-state index < -0.39 is 4.33 Å². The Morgan fingerprint density at radius 3 is 2.42 bits per heavy atom. The molecule has 132 valence electrons. The minimum absolute atomic E-state index is 0.00538. The van der Waals surface area contributed by atoms with Crippen LogP contribution >= 0.6 is 23.5 Å². The molecular weight excluding hydrogens is 366 g/mol. The zero-order valence-electron chi connectivity index (χ0n) is 14.4. The van der Waals surface area contributed by atoms with Crippen molar-refractivity contribution < 1.29 is 9.59 Å². The lowest BCUT2D eigenvalue weighted by Gasteiger charge is -2.39. The van der Waals surface area contributed by atoms with Gasteiger partial charge in [0.2, 0.25) is 10.2 Å². The third-order valence-electron chi connectivity index (χ3n) is 4.20. The van der Waals surface area contributed by atoms with Gasteiger partial charge >= 0.3 is 0 Å². The van der Waals surface area contributed by atoms with Crippen LogP contribution in [-0.2, 0) is 9.59 Å². The molecule has 1 atom stereocenters. The molecule has 5 nitrogen and oxygen atoms in total. The van der Waals surface area contributed by atoms with Gasteiger partial charge in [-0.1, -0.05) is 47.7 Å². The summed E-state index contributed by atoms with van der Waals surface area (Å²) in [5.74, 6) is 0.244. The van der Waals surface area contributed by atoms with Crippen LogP contribution in [0.3, 0.4) is 0 Å². The number of Topliss-reactive ketones (excluding diaryl/α,β-unsaturated/α-hetero) is 1. The number of nitrogens with zero attached hydrogens (tertiary/aromatic N) is 3. The Kier molecular flexibility index (Phi) is 4.28. The second kappa shape index (κ2) is 6.48. The molecule has 0 aromatic heterocycles. The maximum Gasteiger partial charge on any atom is 0.243 e. The van der Waals surface area contributed by atoms with Gasteiger partial charge in [0.1, 0.15) is 0 Å². The molecule has 0 saturated carbocycles. The molecule has 0 bridgehead atoms. The van der Waals surface area contributed by atoms with Crippen LogP contribution in [0.1, 0.15) is 12.5 Å². The maximum absolute atomic E-state index is 12.8. The van der Waals surface area contributed by atoms with Gasteiger partial charge in [-0.15, -0.1) is 0 Å². The van der Waals surface area contributed by atoms with Crippen LogP contribution in [0.4, 0.5) is 11.4 Å². The fraction of sp³-hybridized carbons (Fsp3) is 0.211. The number of amides is 1. The number of hydrogen-bond donors (Lipinski definition) is 0. The Labute approximate surface area is 160 Å². The molecule has 7 heteroatoms. The summed E-state index contributed by atoms with van der Waals surface area (Å²) < 4.78 is -0.825. The molecule has 1 amide bonds.